The molecule has 0 aliphatic carbocycles. The average molecular weight is 493 g/mol. The predicted molar refractivity (Wildman–Crippen MR) is 112 cm³/mol. The summed E-state index contributed by atoms with van der Waals surface area (Å²) in [5.74, 6) is 0.0794. The molecule has 2 aromatic rings. The third-order valence-electron chi connectivity index (χ3n) is 5.11. The topological polar surface area (TPSA) is 102 Å². The van der Waals surface area contributed by atoms with Gasteiger partial charge >= 0.3 is 6.18 Å². The third-order valence-corrected chi connectivity index (χ3v) is 7.87. The van der Waals surface area contributed by atoms with Gasteiger partial charge in [-0.15, -0.1) is 0 Å². The number of alkyl halides is 3. The molecule has 7 nitrogen and oxygen atoms in total. The van der Waals surface area contributed by atoms with Gasteiger partial charge < -0.3 is 10.1 Å². The van der Waals surface area contributed by atoms with E-state index in [9.17, 15) is 30.0 Å². The lowest BCUT2D eigenvalue weighted by molar-refractivity contribution is -0.137. The standard InChI is InChI=1S/C20H23F3N2O5S2/c1-31(26,27)18-4-2-3-5-19(18)32(28,29)25-13-17(14-10-11-24-12-14)30-16-8-6-15(7-9-16)20(21,22)23/h2-9,14,17,24-25H,10-13H2,1H3/t14?,17-/m1/s1. The molecular formula is C20H23F3N2O5S2. The van der Waals surface area contributed by atoms with Gasteiger partial charge in [0.25, 0.3) is 0 Å². The van der Waals surface area contributed by atoms with Crippen molar-refractivity contribution in [1.29, 1.82) is 0 Å². The van der Waals surface area contributed by atoms with E-state index >= 15 is 0 Å². The number of ether oxygens (including phenoxy) is 1. The van der Waals surface area contributed by atoms with Gasteiger partial charge in [-0.1, -0.05) is 12.1 Å². The van der Waals surface area contributed by atoms with E-state index < -0.39 is 37.7 Å². The average Bonchev–Trinajstić information content (AvgIpc) is 3.25. The van der Waals surface area contributed by atoms with Gasteiger partial charge in [0, 0.05) is 25.3 Å². The minimum atomic E-state index is -4.48. The second-order valence-corrected chi connectivity index (χ2v) is 11.2. The van der Waals surface area contributed by atoms with Crippen molar-refractivity contribution in [2.75, 3.05) is 25.9 Å². The van der Waals surface area contributed by atoms with Gasteiger partial charge in [0.05, 0.1) is 10.5 Å². The largest absolute Gasteiger partial charge is 0.489 e. The lowest BCUT2D eigenvalue weighted by Gasteiger charge is -2.25. The van der Waals surface area contributed by atoms with Crippen molar-refractivity contribution in [1.82, 2.24) is 10.0 Å². The second kappa shape index (κ2) is 9.38. The van der Waals surface area contributed by atoms with Crippen LogP contribution < -0.4 is 14.8 Å². The van der Waals surface area contributed by atoms with Crippen molar-refractivity contribution >= 4 is 19.9 Å². The van der Waals surface area contributed by atoms with Crippen LogP contribution in [-0.2, 0) is 26.0 Å². The summed E-state index contributed by atoms with van der Waals surface area (Å²) in [6.45, 7) is 1.06. The fraction of sp³-hybridized carbons (Fsp3) is 0.400. The van der Waals surface area contributed by atoms with Gasteiger partial charge in [0.2, 0.25) is 10.0 Å². The minimum absolute atomic E-state index is 0.0925. The minimum Gasteiger partial charge on any atom is -0.489 e. The summed E-state index contributed by atoms with van der Waals surface area (Å²) in [6, 6.07) is 9.41. The van der Waals surface area contributed by atoms with Crippen molar-refractivity contribution in [3.05, 3.63) is 54.1 Å². The van der Waals surface area contributed by atoms with E-state index in [2.05, 4.69) is 10.0 Å². The van der Waals surface area contributed by atoms with E-state index in [0.29, 0.717) is 19.5 Å². The molecule has 1 aliphatic rings. The highest BCUT2D eigenvalue weighted by Crippen LogP contribution is 2.31. The van der Waals surface area contributed by atoms with Gasteiger partial charge in [0.1, 0.15) is 16.7 Å². The number of hydrogen-bond acceptors (Lipinski definition) is 6. The summed E-state index contributed by atoms with van der Waals surface area (Å²) in [5, 5.41) is 3.14. The van der Waals surface area contributed by atoms with Crippen LogP contribution in [0, 0.1) is 5.92 Å². The molecular weight excluding hydrogens is 469 g/mol. The van der Waals surface area contributed by atoms with Crippen LogP contribution in [0.2, 0.25) is 0 Å². The van der Waals surface area contributed by atoms with Crippen molar-refractivity contribution in [2.24, 2.45) is 5.92 Å². The number of sulfone groups is 1. The Hall–Kier alpha value is -2.15. The van der Waals surface area contributed by atoms with Crippen LogP contribution in [0.5, 0.6) is 5.75 Å². The second-order valence-electron chi connectivity index (χ2n) is 7.50. The fourth-order valence-corrected chi connectivity index (χ4v) is 6.12. The molecule has 0 radical (unpaired) electrons. The fourth-order valence-electron chi connectivity index (χ4n) is 3.44. The van der Waals surface area contributed by atoms with E-state index in [-0.39, 0.29) is 28.0 Å². The molecule has 0 aromatic heterocycles. The van der Waals surface area contributed by atoms with Crippen molar-refractivity contribution in [2.45, 2.75) is 28.5 Å². The molecule has 3 rings (SSSR count). The van der Waals surface area contributed by atoms with Crippen LogP contribution in [0.25, 0.3) is 0 Å². The summed E-state index contributed by atoms with van der Waals surface area (Å²) < 4.78 is 96.3. The van der Waals surface area contributed by atoms with Crippen molar-refractivity contribution in [3.63, 3.8) is 0 Å². The highest BCUT2D eigenvalue weighted by Gasteiger charge is 2.32. The van der Waals surface area contributed by atoms with Crippen LogP contribution >= 0.6 is 0 Å². The van der Waals surface area contributed by atoms with Crippen LogP contribution in [0.3, 0.4) is 0 Å². The van der Waals surface area contributed by atoms with Gasteiger partial charge in [-0.25, -0.2) is 21.6 Å². The van der Waals surface area contributed by atoms with Crippen molar-refractivity contribution < 1.29 is 34.7 Å². The summed E-state index contributed by atoms with van der Waals surface area (Å²) in [6.07, 6.45) is -3.55. The quantitative estimate of drug-likeness (QED) is 0.587. The van der Waals surface area contributed by atoms with E-state index in [1.165, 1.54) is 36.4 Å². The van der Waals surface area contributed by atoms with Gasteiger partial charge in [-0.3, -0.25) is 0 Å². The highest BCUT2D eigenvalue weighted by molar-refractivity contribution is 7.93. The first-order chi connectivity index (χ1) is 14.9. The SMILES string of the molecule is CS(=O)(=O)c1ccccc1S(=O)(=O)NC[C@@H](Oc1ccc(C(F)(F)F)cc1)C1CCNC1. The van der Waals surface area contributed by atoms with Crippen molar-refractivity contribution in [3.8, 4) is 5.75 Å². The first kappa shape index (κ1) is 24.5. The Labute approximate surface area is 184 Å². The maximum Gasteiger partial charge on any atom is 0.416 e. The predicted octanol–water partition coefficient (Wildman–Crippen LogP) is 2.44. The Kier molecular flexibility index (Phi) is 7.18. The van der Waals surface area contributed by atoms with Crippen LogP contribution in [0.4, 0.5) is 13.2 Å². The smallest absolute Gasteiger partial charge is 0.416 e. The summed E-state index contributed by atoms with van der Waals surface area (Å²) in [5.41, 5.74) is -0.818. The number of nitrogens with one attached hydrogen (secondary N) is 2. The zero-order valence-electron chi connectivity index (χ0n) is 17.1. The molecule has 0 spiro atoms. The molecule has 1 heterocycles. The Bertz CT molecular complexity index is 1140. The molecule has 1 saturated heterocycles. The van der Waals surface area contributed by atoms with E-state index in [1.807, 2.05) is 0 Å². The first-order valence-corrected chi connectivity index (χ1v) is 13.1. The number of sulfonamides is 1. The first-order valence-electron chi connectivity index (χ1n) is 9.71. The molecule has 2 aromatic carbocycles. The number of rotatable bonds is 8. The Balaban J connectivity index is 1.80. The molecule has 32 heavy (non-hydrogen) atoms. The Morgan fingerprint density at radius 1 is 1.06 bits per heavy atom. The molecule has 1 unspecified atom stereocenters. The summed E-state index contributed by atoms with van der Waals surface area (Å²) in [4.78, 5) is -0.699. The molecule has 0 saturated carbocycles. The number of benzene rings is 2. The van der Waals surface area contributed by atoms with E-state index in [0.717, 1.165) is 18.4 Å². The molecule has 12 heteroatoms. The maximum atomic E-state index is 12.9. The highest BCUT2D eigenvalue weighted by atomic mass is 32.2. The monoisotopic (exact) mass is 492 g/mol. The van der Waals surface area contributed by atoms with Crippen LogP contribution in [-0.4, -0.2) is 48.8 Å². The molecule has 2 atom stereocenters. The van der Waals surface area contributed by atoms with E-state index in [1.54, 1.807) is 0 Å². The van der Waals surface area contributed by atoms with Gasteiger partial charge in [-0.05, 0) is 49.4 Å². The maximum absolute atomic E-state index is 12.9. The normalized spacial score (nSPS) is 18.4. The Morgan fingerprint density at radius 3 is 2.22 bits per heavy atom. The third kappa shape index (κ3) is 6.00. The van der Waals surface area contributed by atoms with Crippen LogP contribution in [0.1, 0.15) is 12.0 Å². The number of halogens is 3. The molecule has 1 aliphatic heterocycles. The molecule has 2 N–H and O–H groups in total. The lowest BCUT2D eigenvalue weighted by Crippen LogP contribution is -2.41. The zero-order chi connectivity index (χ0) is 23.6. The van der Waals surface area contributed by atoms with Gasteiger partial charge in [0.15, 0.2) is 9.84 Å². The van der Waals surface area contributed by atoms with Crippen LogP contribution in [0.15, 0.2) is 58.3 Å². The summed E-state index contributed by atoms with van der Waals surface area (Å²) in [7, 11) is -7.98. The molecule has 176 valence electrons. The molecule has 0 amide bonds. The molecule has 1 fully saturated rings. The van der Waals surface area contributed by atoms with E-state index in [4.69, 9.17) is 4.74 Å². The van der Waals surface area contributed by atoms with Gasteiger partial charge in [-0.2, -0.15) is 13.2 Å². The Morgan fingerprint density at radius 2 is 1.69 bits per heavy atom. The lowest BCUT2D eigenvalue weighted by atomic mass is 10.0. The zero-order valence-corrected chi connectivity index (χ0v) is 18.7. The summed E-state index contributed by atoms with van der Waals surface area (Å²) >= 11 is 0. The number of hydrogen-bond donors (Lipinski definition) is 2. The molecule has 0 bridgehead atoms.